The Morgan fingerprint density at radius 3 is 3.00 bits per heavy atom. The Labute approximate surface area is 92.3 Å². The smallest absolute Gasteiger partial charge is 0.153 e. The monoisotopic (exact) mass is 215 g/mol. The third-order valence-electron chi connectivity index (χ3n) is 1.79. The van der Waals surface area contributed by atoms with Crippen molar-refractivity contribution >= 4 is 6.29 Å². The standard InChI is InChI=1S/C11H9N3O2/c12-14-13-6-2-1-3-9-4-5-10(8-15)11(16)7-9/h4-5,7-8,16H,2,6H2. The zero-order chi connectivity index (χ0) is 11.8. The molecule has 0 fully saturated rings. The molecule has 0 saturated heterocycles. The van der Waals surface area contributed by atoms with E-state index in [0.29, 0.717) is 24.8 Å². The van der Waals surface area contributed by atoms with Gasteiger partial charge in [-0.3, -0.25) is 4.79 Å². The lowest BCUT2D eigenvalue weighted by Crippen LogP contribution is -1.82. The second kappa shape index (κ2) is 6.12. The molecule has 0 unspecified atom stereocenters. The highest BCUT2D eigenvalue weighted by Gasteiger charge is 1.98. The van der Waals surface area contributed by atoms with Crippen LogP contribution in [0.1, 0.15) is 22.3 Å². The molecule has 0 atom stereocenters. The second-order valence-corrected chi connectivity index (χ2v) is 2.90. The van der Waals surface area contributed by atoms with E-state index in [4.69, 9.17) is 5.53 Å². The highest BCUT2D eigenvalue weighted by Crippen LogP contribution is 2.15. The van der Waals surface area contributed by atoms with Gasteiger partial charge in [0.25, 0.3) is 0 Å². The average molecular weight is 215 g/mol. The topological polar surface area (TPSA) is 86.1 Å². The maximum Gasteiger partial charge on any atom is 0.153 e. The molecule has 1 aromatic rings. The molecule has 1 rings (SSSR count). The fourth-order valence-corrected chi connectivity index (χ4v) is 1.04. The van der Waals surface area contributed by atoms with Gasteiger partial charge in [-0.15, -0.1) is 0 Å². The third-order valence-corrected chi connectivity index (χ3v) is 1.79. The first-order valence-electron chi connectivity index (χ1n) is 4.56. The predicted octanol–water partition coefficient (Wildman–Crippen LogP) is 2.26. The number of carbonyl (C=O) groups excluding carboxylic acids is 1. The SMILES string of the molecule is [N-]=[N+]=NCCC#Cc1ccc(C=O)c(O)c1. The Kier molecular flexibility index (Phi) is 4.45. The first-order chi connectivity index (χ1) is 7.77. The van der Waals surface area contributed by atoms with Gasteiger partial charge in [-0.25, -0.2) is 0 Å². The van der Waals surface area contributed by atoms with Crippen molar-refractivity contribution in [3.05, 3.63) is 39.8 Å². The van der Waals surface area contributed by atoms with Crippen LogP contribution in [0.2, 0.25) is 0 Å². The lowest BCUT2D eigenvalue weighted by molar-refractivity contribution is 0.112. The Morgan fingerprint density at radius 2 is 2.38 bits per heavy atom. The number of benzene rings is 1. The van der Waals surface area contributed by atoms with Crippen molar-refractivity contribution in [1.82, 2.24) is 0 Å². The van der Waals surface area contributed by atoms with Gasteiger partial charge in [0.1, 0.15) is 5.75 Å². The van der Waals surface area contributed by atoms with Gasteiger partial charge in [0.15, 0.2) is 6.29 Å². The molecular formula is C11H9N3O2. The lowest BCUT2D eigenvalue weighted by atomic mass is 10.1. The van der Waals surface area contributed by atoms with Gasteiger partial charge in [-0.05, 0) is 23.7 Å². The van der Waals surface area contributed by atoms with Gasteiger partial charge in [0.2, 0.25) is 0 Å². The Hall–Kier alpha value is -2.44. The first-order valence-corrected chi connectivity index (χ1v) is 4.56. The number of rotatable bonds is 3. The van der Waals surface area contributed by atoms with Gasteiger partial charge in [-0.1, -0.05) is 17.0 Å². The molecule has 0 saturated carbocycles. The van der Waals surface area contributed by atoms with Crippen molar-refractivity contribution in [1.29, 1.82) is 0 Å². The summed E-state index contributed by atoms with van der Waals surface area (Å²) in [5.74, 6) is 5.49. The highest BCUT2D eigenvalue weighted by molar-refractivity contribution is 5.79. The zero-order valence-corrected chi connectivity index (χ0v) is 8.42. The van der Waals surface area contributed by atoms with Gasteiger partial charge < -0.3 is 5.11 Å². The minimum Gasteiger partial charge on any atom is -0.507 e. The Balaban J connectivity index is 2.70. The van der Waals surface area contributed by atoms with E-state index in [1.165, 1.54) is 12.1 Å². The molecule has 16 heavy (non-hydrogen) atoms. The van der Waals surface area contributed by atoms with Crippen LogP contribution in [-0.4, -0.2) is 17.9 Å². The maximum absolute atomic E-state index is 10.4. The zero-order valence-electron chi connectivity index (χ0n) is 8.42. The van der Waals surface area contributed by atoms with Crippen LogP contribution >= 0.6 is 0 Å². The average Bonchev–Trinajstić information content (AvgIpc) is 2.29. The van der Waals surface area contributed by atoms with Crippen molar-refractivity contribution in [3.8, 4) is 17.6 Å². The summed E-state index contributed by atoms with van der Waals surface area (Å²) in [5, 5.41) is 12.7. The molecule has 0 bridgehead atoms. The number of phenolic OH excluding ortho intramolecular Hbond substituents is 1. The number of aromatic hydroxyl groups is 1. The summed E-state index contributed by atoms with van der Waals surface area (Å²) in [4.78, 5) is 13.0. The summed E-state index contributed by atoms with van der Waals surface area (Å²) in [6, 6.07) is 4.56. The molecule has 0 aromatic heterocycles. The molecule has 5 nitrogen and oxygen atoms in total. The molecule has 0 heterocycles. The molecule has 80 valence electrons. The number of phenols is 1. The third kappa shape index (κ3) is 3.37. The van der Waals surface area contributed by atoms with Crippen LogP contribution in [0, 0.1) is 11.8 Å². The van der Waals surface area contributed by atoms with Crippen molar-refractivity contribution < 1.29 is 9.90 Å². The van der Waals surface area contributed by atoms with E-state index >= 15 is 0 Å². The summed E-state index contributed by atoms with van der Waals surface area (Å²) in [6.07, 6.45) is 1.04. The normalized spacial score (nSPS) is 8.50. The van der Waals surface area contributed by atoms with Crippen molar-refractivity contribution in [2.24, 2.45) is 5.11 Å². The predicted molar refractivity (Wildman–Crippen MR) is 59.0 cm³/mol. The minimum absolute atomic E-state index is 0.0863. The Bertz CT molecular complexity index is 494. The van der Waals surface area contributed by atoms with Crippen LogP contribution < -0.4 is 0 Å². The van der Waals surface area contributed by atoms with E-state index in [2.05, 4.69) is 21.9 Å². The van der Waals surface area contributed by atoms with Crippen molar-refractivity contribution in [2.45, 2.75) is 6.42 Å². The quantitative estimate of drug-likeness (QED) is 0.209. The molecule has 1 aromatic carbocycles. The number of hydrogen-bond donors (Lipinski definition) is 1. The number of nitrogens with zero attached hydrogens (tertiary/aromatic N) is 3. The summed E-state index contributed by atoms with van der Waals surface area (Å²) in [7, 11) is 0. The number of azide groups is 1. The van der Waals surface area contributed by atoms with E-state index in [9.17, 15) is 9.90 Å². The van der Waals surface area contributed by atoms with Crippen molar-refractivity contribution in [3.63, 3.8) is 0 Å². The Morgan fingerprint density at radius 1 is 1.56 bits per heavy atom. The fraction of sp³-hybridized carbons (Fsp3) is 0.182. The van der Waals surface area contributed by atoms with Crippen LogP contribution in [0.3, 0.4) is 0 Å². The molecule has 0 aliphatic carbocycles. The van der Waals surface area contributed by atoms with Gasteiger partial charge in [0.05, 0.1) is 5.56 Å². The summed E-state index contributed by atoms with van der Waals surface area (Å²) < 4.78 is 0. The van der Waals surface area contributed by atoms with Gasteiger partial charge in [-0.2, -0.15) is 0 Å². The molecular weight excluding hydrogens is 206 g/mol. The fourth-order valence-electron chi connectivity index (χ4n) is 1.04. The van der Waals surface area contributed by atoms with Crippen LogP contribution in [0.15, 0.2) is 23.3 Å². The van der Waals surface area contributed by atoms with Crippen molar-refractivity contribution in [2.75, 3.05) is 6.54 Å². The summed E-state index contributed by atoms with van der Waals surface area (Å²) in [6.45, 7) is 0.321. The van der Waals surface area contributed by atoms with E-state index < -0.39 is 0 Å². The van der Waals surface area contributed by atoms with E-state index in [-0.39, 0.29) is 11.3 Å². The lowest BCUT2D eigenvalue weighted by Gasteiger charge is -1.96. The van der Waals surface area contributed by atoms with E-state index in [1.807, 2.05) is 0 Å². The number of carbonyl (C=O) groups is 1. The van der Waals surface area contributed by atoms with Gasteiger partial charge in [0, 0.05) is 23.4 Å². The van der Waals surface area contributed by atoms with Crippen LogP contribution in [0.5, 0.6) is 5.75 Å². The maximum atomic E-state index is 10.4. The van der Waals surface area contributed by atoms with E-state index in [0.717, 1.165) is 0 Å². The van der Waals surface area contributed by atoms with Crippen LogP contribution in [-0.2, 0) is 0 Å². The van der Waals surface area contributed by atoms with E-state index in [1.54, 1.807) is 6.07 Å². The highest BCUT2D eigenvalue weighted by atomic mass is 16.3. The molecule has 0 aliphatic rings. The molecule has 0 amide bonds. The number of hydrogen-bond acceptors (Lipinski definition) is 3. The molecule has 0 aliphatic heterocycles. The van der Waals surface area contributed by atoms with Gasteiger partial charge >= 0.3 is 0 Å². The summed E-state index contributed by atoms with van der Waals surface area (Å²) >= 11 is 0. The first kappa shape index (κ1) is 11.6. The second-order valence-electron chi connectivity index (χ2n) is 2.90. The largest absolute Gasteiger partial charge is 0.507 e. The molecule has 0 radical (unpaired) electrons. The van der Waals surface area contributed by atoms with Crippen LogP contribution in [0.4, 0.5) is 0 Å². The van der Waals surface area contributed by atoms with Crippen LogP contribution in [0.25, 0.3) is 10.4 Å². The minimum atomic E-state index is -0.0863. The molecule has 1 N–H and O–H groups in total. The summed E-state index contributed by atoms with van der Waals surface area (Å²) in [5.41, 5.74) is 8.87. The molecule has 0 spiro atoms. The number of aldehydes is 1. The molecule has 5 heteroatoms.